The molecule has 86 valence electrons. The minimum absolute atomic E-state index is 0.138. The minimum Gasteiger partial charge on any atom is -0.334 e. The van der Waals surface area contributed by atoms with Crippen molar-refractivity contribution >= 4 is 5.91 Å². The van der Waals surface area contributed by atoms with Gasteiger partial charge >= 0.3 is 0 Å². The molecule has 1 aromatic rings. The second kappa shape index (κ2) is 4.66. The van der Waals surface area contributed by atoms with Gasteiger partial charge in [-0.1, -0.05) is 25.1 Å². The summed E-state index contributed by atoms with van der Waals surface area (Å²) in [6.07, 6.45) is 1.86. The average molecular weight is 218 g/mol. The molecule has 0 saturated heterocycles. The van der Waals surface area contributed by atoms with Crippen LogP contribution in [0, 0.1) is 0 Å². The Morgan fingerprint density at radius 2 is 2.19 bits per heavy atom. The van der Waals surface area contributed by atoms with Gasteiger partial charge in [0.15, 0.2) is 0 Å². The quantitative estimate of drug-likeness (QED) is 0.834. The molecule has 1 heterocycles. The highest BCUT2D eigenvalue weighted by atomic mass is 16.2. The predicted molar refractivity (Wildman–Crippen MR) is 64.3 cm³/mol. The van der Waals surface area contributed by atoms with Crippen LogP contribution < -0.4 is 5.73 Å². The molecule has 2 rings (SSSR count). The van der Waals surface area contributed by atoms with Crippen LogP contribution >= 0.6 is 0 Å². The Morgan fingerprint density at radius 1 is 1.44 bits per heavy atom. The van der Waals surface area contributed by atoms with E-state index in [4.69, 9.17) is 5.73 Å². The maximum absolute atomic E-state index is 12.2. The molecule has 1 atom stereocenters. The SMILES string of the molecule is CCC(CN)N1CCc2ccccc2C1=O. The summed E-state index contributed by atoms with van der Waals surface area (Å²) in [5.41, 5.74) is 7.71. The first-order valence-corrected chi connectivity index (χ1v) is 5.86. The molecule has 2 N–H and O–H groups in total. The largest absolute Gasteiger partial charge is 0.334 e. The van der Waals surface area contributed by atoms with Crippen molar-refractivity contribution in [2.24, 2.45) is 5.73 Å². The smallest absolute Gasteiger partial charge is 0.254 e. The van der Waals surface area contributed by atoms with Crippen LogP contribution in [0.2, 0.25) is 0 Å². The molecule has 0 radical (unpaired) electrons. The van der Waals surface area contributed by atoms with Crippen molar-refractivity contribution < 1.29 is 4.79 Å². The molecule has 0 fully saturated rings. The van der Waals surface area contributed by atoms with Crippen molar-refractivity contribution in [1.29, 1.82) is 0 Å². The molecule has 1 aromatic carbocycles. The molecule has 0 aromatic heterocycles. The van der Waals surface area contributed by atoms with Gasteiger partial charge in [0.25, 0.3) is 5.91 Å². The van der Waals surface area contributed by atoms with Crippen LogP contribution in [-0.2, 0) is 6.42 Å². The zero-order chi connectivity index (χ0) is 11.5. The topological polar surface area (TPSA) is 46.3 Å². The Labute approximate surface area is 96.2 Å². The van der Waals surface area contributed by atoms with E-state index < -0.39 is 0 Å². The van der Waals surface area contributed by atoms with Gasteiger partial charge in [0.05, 0.1) is 0 Å². The van der Waals surface area contributed by atoms with E-state index in [-0.39, 0.29) is 11.9 Å². The Balaban J connectivity index is 2.27. The van der Waals surface area contributed by atoms with Crippen molar-refractivity contribution in [1.82, 2.24) is 4.90 Å². The van der Waals surface area contributed by atoms with Gasteiger partial charge in [-0.25, -0.2) is 0 Å². The molecule has 1 unspecified atom stereocenters. The highest BCUT2D eigenvalue weighted by Gasteiger charge is 2.27. The molecular weight excluding hydrogens is 200 g/mol. The van der Waals surface area contributed by atoms with Crippen molar-refractivity contribution in [3.05, 3.63) is 35.4 Å². The molecule has 0 saturated carbocycles. The van der Waals surface area contributed by atoms with E-state index in [0.717, 1.165) is 30.5 Å². The van der Waals surface area contributed by atoms with Crippen molar-refractivity contribution in [3.63, 3.8) is 0 Å². The zero-order valence-corrected chi connectivity index (χ0v) is 9.65. The van der Waals surface area contributed by atoms with Crippen molar-refractivity contribution in [2.45, 2.75) is 25.8 Å². The molecule has 1 aliphatic heterocycles. The van der Waals surface area contributed by atoms with E-state index in [1.165, 1.54) is 0 Å². The number of amides is 1. The van der Waals surface area contributed by atoms with Crippen LogP contribution in [0.15, 0.2) is 24.3 Å². The molecule has 1 amide bonds. The molecule has 1 aliphatic rings. The van der Waals surface area contributed by atoms with Gasteiger partial charge in [0.1, 0.15) is 0 Å². The number of carbonyl (C=O) groups is 1. The Bertz CT molecular complexity index is 385. The number of carbonyl (C=O) groups excluding carboxylic acids is 1. The Morgan fingerprint density at radius 3 is 2.88 bits per heavy atom. The third-order valence-electron chi connectivity index (χ3n) is 3.31. The normalized spacial score (nSPS) is 17.1. The molecule has 0 bridgehead atoms. The fourth-order valence-electron chi connectivity index (χ4n) is 2.31. The van der Waals surface area contributed by atoms with Crippen LogP contribution in [0.3, 0.4) is 0 Å². The lowest BCUT2D eigenvalue weighted by atomic mass is 9.97. The summed E-state index contributed by atoms with van der Waals surface area (Å²) in [6.45, 7) is 3.42. The predicted octanol–water partition coefficient (Wildman–Crippen LogP) is 1.42. The van der Waals surface area contributed by atoms with Crippen LogP contribution in [0.25, 0.3) is 0 Å². The minimum atomic E-state index is 0.138. The number of nitrogens with two attached hydrogens (primary N) is 1. The summed E-state index contributed by atoms with van der Waals surface area (Å²) in [5, 5.41) is 0. The molecule has 3 heteroatoms. The first-order valence-electron chi connectivity index (χ1n) is 5.86. The third-order valence-corrected chi connectivity index (χ3v) is 3.31. The fraction of sp³-hybridized carbons (Fsp3) is 0.462. The molecular formula is C13H18N2O. The molecule has 3 nitrogen and oxygen atoms in total. The summed E-state index contributed by atoms with van der Waals surface area (Å²) in [4.78, 5) is 14.2. The van der Waals surface area contributed by atoms with E-state index in [2.05, 4.69) is 6.92 Å². The first-order chi connectivity index (χ1) is 7.77. The zero-order valence-electron chi connectivity index (χ0n) is 9.65. The van der Waals surface area contributed by atoms with E-state index in [0.29, 0.717) is 6.54 Å². The lowest BCUT2D eigenvalue weighted by Gasteiger charge is -2.34. The summed E-state index contributed by atoms with van der Waals surface area (Å²) >= 11 is 0. The number of hydrogen-bond acceptors (Lipinski definition) is 2. The highest BCUT2D eigenvalue weighted by Crippen LogP contribution is 2.20. The van der Waals surface area contributed by atoms with Gasteiger partial charge in [-0.2, -0.15) is 0 Å². The third kappa shape index (κ3) is 1.83. The van der Waals surface area contributed by atoms with E-state index in [1.54, 1.807) is 0 Å². The number of benzene rings is 1. The maximum Gasteiger partial charge on any atom is 0.254 e. The van der Waals surface area contributed by atoms with Crippen LogP contribution in [-0.4, -0.2) is 29.9 Å². The van der Waals surface area contributed by atoms with Gasteiger partial charge in [-0.15, -0.1) is 0 Å². The second-order valence-electron chi connectivity index (χ2n) is 4.20. The van der Waals surface area contributed by atoms with Crippen LogP contribution in [0.5, 0.6) is 0 Å². The van der Waals surface area contributed by atoms with Crippen molar-refractivity contribution in [2.75, 3.05) is 13.1 Å². The van der Waals surface area contributed by atoms with Gasteiger partial charge in [-0.05, 0) is 24.5 Å². The second-order valence-corrected chi connectivity index (χ2v) is 4.20. The van der Waals surface area contributed by atoms with Crippen LogP contribution in [0.4, 0.5) is 0 Å². The van der Waals surface area contributed by atoms with Gasteiger partial charge < -0.3 is 10.6 Å². The van der Waals surface area contributed by atoms with E-state index in [9.17, 15) is 4.79 Å². The lowest BCUT2D eigenvalue weighted by molar-refractivity contribution is 0.0661. The van der Waals surface area contributed by atoms with Gasteiger partial charge in [-0.3, -0.25) is 4.79 Å². The number of nitrogens with zero attached hydrogens (tertiary/aromatic N) is 1. The molecule has 0 spiro atoms. The highest BCUT2D eigenvalue weighted by molar-refractivity contribution is 5.96. The van der Waals surface area contributed by atoms with E-state index in [1.807, 2.05) is 29.2 Å². The number of hydrogen-bond donors (Lipinski definition) is 1. The summed E-state index contributed by atoms with van der Waals surface area (Å²) in [7, 11) is 0. The summed E-state index contributed by atoms with van der Waals surface area (Å²) < 4.78 is 0. The van der Waals surface area contributed by atoms with Crippen LogP contribution in [0.1, 0.15) is 29.3 Å². The van der Waals surface area contributed by atoms with E-state index >= 15 is 0 Å². The lowest BCUT2D eigenvalue weighted by Crippen LogP contribution is -2.47. The van der Waals surface area contributed by atoms with Gasteiger partial charge in [0.2, 0.25) is 0 Å². The molecule has 0 aliphatic carbocycles. The van der Waals surface area contributed by atoms with Gasteiger partial charge in [0, 0.05) is 24.7 Å². The maximum atomic E-state index is 12.2. The fourth-order valence-corrected chi connectivity index (χ4v) is 2.31. The molecule has 16 heavy (non-hydrogen) atoms. The van der Waals surface area contributed by atoms with Crippen molar-refractivity contribution in [3.8, 4) is 0 Å². The summed E-state index contributed by atoms with van der Waals surface area (Å²) in [6, 6.07) is 8.04. The Hall–Kier alpha value is -1.35. The Kier molecular flexibility index (Phi) is 3.25. The summed E-state index contributed by atoms with van der Waals surface area (Å²) in [5.74, 6) is 0.138. The standard InChI is InChI=1S/C13H18N2O/c1-2-11(9-14)15-8-7-10-5-3-4-6-12(10)13(15)16/h3-6,11H,2,7-9,14H2,1H3. The average Bonchev–Trinajstić information content (AvgIpc) is 2.34. The first kappa shape index (κ1) is 11.1. The number of fused-ring (bicyclic) bond motifs is 1. The monoisotopic (exact) mass is 218 g/mol. The number of rotatable bonds is 3.